The van der Waals surface area contributed by atoms with Crippen LogP contribution < -0.4 is 0 Å². The van der Waals surface area contributed by atoms with Crippen molar-refractivity contribution in [3.05, 3.63) is 35.4 Å². The van der Waals surface area contributed by atoms with E-state index in [1.165, 1.54) is 0 Å². The van der Waals surface area contributed by atoms with E-state index in [9.17, 15) is 14.4 Å². The Morgan fingerprint density at radius 2 is 2.04 bits per heavy atom. The maximum atomic E-state index is 13.0. The fourth-order valence-corrected chi connectivity index (χ4v) is 3.72. The molecule has 0 aromatic heterocycles. The Labute approximate surface area is 159 Å². The fourth-order valence-electron chi connectivity index (χ4n) is 3.72. The van der Waals surface area contributed by atoms with E-state index < -0.39 is 6.04 Å². The molecule has 0 aliphatic carbocycles. The molecule has 2 aliphatic rings. The minimum absolute atomic E-state index is 0.0322. The van der Waals surface area contributed by atoms with Gasteiger partial charge in [0, 0.05) is 32.8 Å². The number of rotatable bonds is 5. The van der Waals surface area contributed by atoms with Crippen molar-refractivity contribution in [2.45, 2.75) is 32.9 Å². The van der Waals surface area contributed by atoms with Gasteiger partial charge in [-0.3, -0.25) is 14.4 Å². The number of aryl methyl sites for hydroxylation is 1. The number of hydrogen-bond acceptors (Lipinski definition) is 4. The Balaban J connectivity index is 1.68. The minimum atomic E-state index is -0.485. The van der Waals surface area contributed by atoms with Gasteiger partial charge < -0.3 is 19.4 Å². The third-order valence-electron chi connectivity index (χ3n) is 5.14. The molecule has 1 unspecified atom stereocenters. The lowest BCUT2D eigenvalue weighted by Gasteiger charge is -2.39. The second-order valence-electron chi connectivity index (χ2n) is 7.09. The molecule has 27 heavy (non-hydrogen) atoms. The number of piperazine rings is 1. The highest BCUT2D eigenvalue weighted by Crippen LogP contribution is 2.21. The van der Waals surface area contributed by atoms with Gasteiger partial charge in [-0.2, -0.15) is 0 Å². The minimum Gasteiger partial charge on any atom is -0.372 e. The number of hydrogen-bond donors (Lipinski definition) is 0. The van der Waals surface area contributed by atoms with E-state index in [4.69, 9.17) is 4.74 Å². The molecule has 146 valence electrons. The van der Waals surface area contributed by atoms with Gasteiger partial charge in [0.1, 0.15) is 19.2 Å². The summed E-state index contributed by atoms with van der Waals surface area (Å²) in [7, 11) is 0. The predicted molar refractivity (Wildman–Crippen MR) is 99.8 cm³/mol. The maximum absolute atomic E-state index is 13.0. The first-order valence-corrected chi connectivity index (χ1v) is 9.49. The summed E-state index contributed by atoms with van der Waals surface area (Å²) in [6.07, 6.45) is 0.465. The standard InChI is InChI=1S/C20H27N3O4/c1-3-27-14-19(25)21-8-7-17-20(26)22(13-18(24)23(17)10-9-21)12-16-6-4-5-15(2)11-16/h4-6,11,17H,3,7-10,12-14H2,1-2H3. The summed E-state index contributed by atoms with van der Waals surface area (Å²) in [5.74, 6) is -0.171. The Morgan fingerprint density at radius 1 is 1.22 bits per heavy atom. The van der Waals surface area contributed by atoms with E-state index in [0.29, 0.717) is 39.2 Å². The zero-order valence-electron chi connectivity index (χ0n) is 16.0. The number of carbonyl (C=O) groups is 3. The van der Waals surface area contributed by atoms with Gasteiger partial charge in [-0.05, 0) is 25.8 Å². The van der Waals surface area contributed by atoms with Crippen LogP contribution in [0.25, 0.3) is 0 Å². The predicted octanol–water partition coefficient (Wildman–Crippen LogP) is 0.803. The molecule has 2 heterocycles. The average Bonchev–Trinajstić information content (AvgIpc) is 2.88. The molecule has 1 aromatic rings. The van der Waals surface area contributed by atoms with Gasteiger partial charge in [0.2, 0.25) is 17.7 Å². The van der Waals surface area contributed by atoms with Crippen molar-refractivity contribution in [1.82, 2.24) is 14.7 Å². The van der Waals surface area contributed by atoms with Crippen LogP contribution in [0.5, 0.6) is 0 Å². The van der Waals surface area contributed by atoms with Crippen LogP contribution in [0.2, 0.25) is 0 Å². The largest absolute Gasteiger partial charge is 0.372 e. The summed E-state index contributed by atoms with van der Waals surface area (Å²) < 4.78 is 5.20. The van der Waals surface area contributed by atoms with Crippen molar-refractivity contribution in [2.75, 3.05) is 39.4 Å². The van der Waals surface area contributed by atoms with Gasteiger partial charge >= 0.3 is 0 Å². The molecule has 7 nitrogen and oxygen atoms in total. The third-order valence-corrected chi connectivity index (χ3v) is 5.14. The Bertz CT molecular complexity index is 721. The Morgan fingerprint density at radius 3 is 2.78 bits per heavy atom. The average molecular weight is 373 g/mol. The van der Waals surface area contributed by atoms with Crippen LogP contribution in [-0.2, 0) is 25.7 Å². The second-order valence-corrected chi connectivity index (χ2v) is 7.09. The number of ether oxygens (including phenoxy) is 1. The number of fused-ring (bicyclic) bond motifs is 1. The molecule has 0 bridgehead atoms. The number of nitrogens with zero attached hydrogens (tertiary/aromatic N) is 3. The number of benzene rings is 1. The van der Waals surface area contributed by atoms with Gasteiger partial charge in [0.05, 0.1) is 0 Å². The summed E-state index contributed by atoms with van der Waals surface area (Å²) in [5, 5.41) is 0. The molecule has 0 spiro atoms. The monoisotopic (exact) mass is 373 g/mol. The van der Waals surface area contributed by atoms with Gasteiger partial charge in [-0.15, -0.1) is 0 Å². The van der Waals surface area contributed by atoms with Crippen LogP contribution in [0.3, 0.4) is 0 Å². The summed E-state index contributed by atoms with van der Waals surface area (Å²) >= 11 is 0. The van der Waals surface area contributed by atoms with Crippen LogP contribution in [0.1, 0.15) is 24.5 Å². The zero-order valence-corrected chi connectivity index (χ0v) is 16.0. The first-order chi connectivity index (χ1) is 13.0. The van der Waals surface area contributed by atoms with E-state index in [1.54, 1.807) is 14.7 Å². The summed E-state index contributed by atoms with van der Waals surface area (Å²) in [6.45, 7) is 6.21. The third kappa shape index (κ3) is 4.47. The lowest BCUT2D eigenvalue weighted by Crippen LogP contribution is -2.59. The summed E-state index contributed by atoms with van der Waals surface area (Å²) in [5.41, 5.74) is 2.15. The SMILES string of the molecule is CCOCC(=O)N1CCC2C(=O)N(Cc3cccc(C)c3)CC(=O)N2CC1. The molecule has 2 aliphatic heterocycles. The van der Waals surface area contributed by atoms with Crippen LogP contribution in [0.4, 0.5) is 0 Å². The van der Waals surface area contributed by atoms with Crippen molar-refractivity contribution < 1.29 is 19.1 Å². The molecule has 3 amide bonds. The highest BCUT2D eigenvalue weighted by atomic mass is 16.5. The van der Waals surface area contributed by atoms with Gasteiger partial charge in [0.15, 0.2) is 0 Å². The highest BCUT2D eigenvalue weighted by molar-refractivity contribution is 5.95. The zero-order chi connectivity index (χ0) is 19.4. The normalized spacial score (nSPS) is 20.5. The van der Waals surface area contributed by atoms with E-state index in [1.807, 2.05) is 38.1 Å². The summed E-state index contributed by atoms with van der Waals surface area (Å²) in [6, 6.07) is 7.49. The molecule has 0 saturated carbocycles. The molecule has 7 heteroatoms. The Hall–Kier alpha value is -2.41. The lowest BCUT2D eigenvalue weighted by molar-refractivity contribution is -0.156. The molecule has 1 aromatic carbocycles. The van der Waals surface area contributed by atoms with E-state index >= 15 is 0 Å². The molecule has 0 N–H and O–H groups in total. The van der Waals surface area contributed by atoms with Gasteiger partial charge in [0.25, 0.3) is 0 Å². The summed E-state index contributed by atoms with van der Waals surface area (Å²) in [4.78, 5) is 42.8. The molecular formula is C20H27N3O4. The van der Waals surface area contributed by atoms with Gasteiger partial charge in [-0.1, -0.05) is 29.8 Å². The number of carbonyl (C=O) groups excluding carboxylic acids is 3. The molecule has 0 radical (unpaired) electrons. The molecular weight excluding hydrogens is 346 g/mol. The molecule has 2 fully saturated rings. The quantitative estimate of drug-likeness (QED) is 0.766. The lowest BCUT2D eigenvalue weighted by atomic mass is 10.1. The molecule has 2 saturated heterocycles. The smallest absolute Gasteiger partial charge is 0.248 e. The molecule has 1 atom stereocenters. The number of amides is 3. The maximum Gasteiger partial charge on any atom is 0.248 e. The van der Waals surface area contributed by atoms with Crippen molar-refractivity contribution in [2.24, 2.45) is 0 Å². The fraction of sp³-hybridized carbons (Fsp3) is 0.550. The van der Waals surface area contributed by atoms with E-state index in [2.05, 4.69) is 0 Å². The first-order valence-electron chi connectivity index (χ1n) is 9.49. The van der Waals surface area contributed by atoms with Crippen molar-refractivity contribution in [3.8, 4) is 0 Å². The van der Waals surface area contributed by atoms with E-state index in [-0.39, 0.29) is 30.9 Å². The van der Waals surface area contributed by atoms with Crippen LogP contribution in [0.15, 0.2) is 24.3 Å². The van der Waals surface area contributed by atoms with Crippen molar-refractivity contribution in [3.63, 3.8) is 0 Å². The highest BCUT2D eigenvalue weighted by Gasteiger charge is 2.41. The van der Waals surface area contributed by atoms with E-state index in [0.717, 1.165) is 11.1 Å². The van der Waals surface area contributed by atoms with Gasteiger partial charge in [-0.25, -0.2) is 0 Å². The van der Waals surface area contributed by atoms with Crippen molar-refractivity contribution >= 4 is 17.7 Å². The van der Waals surface area contributed by atoms with Crippen molar-refractivity contribution in [1.29, 1.82) is 0 Å². The Kier molecular flexibility index (Phi) is 6.11. The topological polar surface area (TPSA) is 70.2 Å². The molecule has 3 rings (SSSR count). The van der Waals surface area contributed by atoms with Crippen LogP contribution in [-0.4, -0.2) is 77.9 Å². The second kappa shape index (κ2) is 8.52. The first kappa shape index (κ1) is 19.4. The van der Waals surface area contributed by atoms with Crippen LogP contribution >= 0.6 is 0 Å². The van der Waals surface area contributed by atoms with Crippen LogP contribution in [0, 0.1) is 6.92 Å².